The molecule has 17 heavy (non-hydrogen) atoms. The van der Waals surface area contributed by atoms with Crippen LogP contribution in [0.5, 0.6) is 0 Å². The van der Waals surface area contributed by atoms with Crippen LogP contribution in [0.15, 0.2) is 53.6 Å². The van der Waals surface area contributed by atoms with Crippen LogP contribution in [-0.2, 0) is 0 Å². The van der Waals surface area contributed by atoms with Crippen molar-refractivity contribution in [2.45, 2.75) is 34.1 Å². The fraction of sp³-hybridized carbons (Fsp3) is 0.294. The molecule has 0 aromatic heterocycles. The SMILES string of the molecule is C=C(C)C/C=C(C)/C(C)=C/c1ccccc1C. The molecule has 0 aliphatic heterocycles. The summed E-state index contributed by atoms with van der Waals surface area (Å²) < 4.78 is 0. The molecule has 0 fully saturated rings. The molecule has 1 rings (SSSR count). The van der Waals surface area contributed by atoms with Crippen LogP contribution in [0.2, 0.25) is 0 Å². The summed E-state index contributed by atoms with van der Waals surface area (Å²) >= 11 is 0. The maximum absolute atomic E-state index is 3.92. The number of benzene rings is 1. The minimum atomic E-state index is 0.963. The highest BCUT2D eigenvalue weighted by Crippen LogP contribution is 2.17. The highest BCUT2D eigenvalue weighted by molar-refractivity contribution is 5.60. The summed E-state index contributed by atoms with van der Waals surface area (Å²) in [6.07, 6.45) is 5.46. The predicted molar refractivity (Wildman–Crippen MR) is 78.0 cm³/mol. The van der Waals surface area contributed by atoms with Crippen molar-refractivity contribution in [3.63, 3.8) is 0 Å². The quantitative estimate of drug-likeness (QED) is 0.482. The van der Waals surface area contributed by atoms with Gasteiger partial charge in [0.2, 0.25) is 0 Å². The van der Waals surface area contributed by atoms with Gasteiger partial charge in [0.1, 0.15) is 0 Å². The van der Waals surface area contributed by atoms with Crippen LogP contribution in [0.4, 0.5) is 0 Å². The van der Waals surface area contributed by atoms with Crippen molar-refractivity contribution < 1.29 is 0 Å². The Labute approximate surface area is 105 Å². The third-order valence-electron chi connectivity index (χ3n) is 2.94. The van der Waals surface area contributed by atoms with Gasteiger partial charge in [0.25, 0.3) is 0 Å². The lowest BCUT2D eigenvalue weighted by Crippen LogP contribution is -1.84. The van der Waals surface area contributed by atoms with Crippen LogP contribution < -0.4 is 0 Å². The Morgan fingerprint density at radius 1 is 1.12 bits per heavy atom. The Kier molecular flexibility index (Phi) is 4.96. The van der Waals surface area contributed by atoms with E-state index < -0.39 is 0 Å². The van der Waals surface area contributed by atoms with Crippen molar-refractivity contribution in [2.75, 3.05) is 0 Å². The summed E-state index contributed by atoms with van der Waals surface area (Å²) in [5.74, 6) is 0. The Morgan fingerprint density at radius 3 is 2.35 bits per heavy atom. The zero-order valence-electron chi connectivity index (χ0n) is 11.4. The monoisotopic (exact) mass is 226 g/mol. The van der Waals surface area contributed by atoms with E-state index in [1.165, 1.54) is 27.8 Å². The number of hydrogen-bond acceptors (Lipinski definition) is 0. The second-order valence-corrected chi connectivity index (χ2v) is 4.73. The van der Waals surface area contributed by atoms with Gasteiger partial charge in [-0.15, -0.1) is 0 Å². The van der Waals surface area contributed by atoms with Gasteiger partial charge in [0.05, 0.1) is 0 Å². The molecule has 0 aliphatic rings. The molecule has 0 heteroatoms. The molecule has 0 heterocycles. The van der Waals surface area contributed by atoms with Crippen molar-refractivity contribution in [2.24, 2.45) is 0 Å². The van der Waals surface area contributed by atoms with Gasteiger partial charge in [0, 0.05) is 0 Å². The molecule has 1 aromatic rings. The summed E-state index contributed by atoms with van der Waals surface area (Å²) in [5, 5.41) is 0. The first kappa shape index (κ1) is 13.5. The van der Waals surface area contributed by atoms with Gasteiger partial charge in [-0.05, 0) is 50.8 Å². The van der Waals surface area contributed by atoms with Gasteiger partial charge in [-0.25, -0.2) is 0 Å². The van der Waals surface area contributed by atoms with Crippen LogP contribution in [0.1, 0.15) is 38.3 Å². The number of rotatable bonds is 4. The van der Waals surface area contributed by atoms with E-state index in [-0.39, 0.29) is 0 Å². The topological polar surface area (TPSA) is 0 Å². The van der Waals surface area contributed by atoms with Gasteiger partial charge >= 0.3 is 0 Å². The zero-order valence-corrected chi connectivity index (χ0v) is 11.4. The van der Waals surface area contributed by atoms with Crippen molar-refractivity contribution in [3.05, 3.63) is 64.8 Å². The molecule has 0 amide bonds. The average molecular weight is 226 g/mol. The standard InChI is InChI=1S/C17H22/c1-13(2)10-11-14(3)16(5)12-17-9-7-6-8-15(17)4/h6-9,11-12H,1,10H2,2-5H3/b14-11+,16-12+. The molecule has 0 saturated heterocycles. The molecule has 0 spiro atoms. The van der Waals surface area contributed by atoms with E-state index in [9.17, 15) is 0 Å². The van der Waals surface area contributed by atoms with E-state index in [0.717, 1.165) is 6.42 Å². The molecule has 0 saturated carbocycles. The lowest BCUT2D eigenvalue weighted by Gasteiger charge is -2.05. The van der Waals surface area contributed by atoms with Crippen LogP contribution >= 0.6 is 0 Å². The molecule has 0 radical (unpaired) electrons. The van der Waals surface area contributed by atoms with E-state index in [1.54, 1.807) is 0 Å². The molecular weight excluding hydrogens is 204 g/mol. The largest absolute Gasteiger partial charge is 0.0998 e. The fourth-order valence-electron chi connectivity index (χ4n) is 1.58. The maximum Gasteiger partial charge on any atom is -0.0138 e. The highest BCUT2D eigenvalue weighted by Gasteiger charge is 1.96. The van der Waals surface area contributed by atoms with E-state index in [2.05, 4.69) is 70.7 Å². The van der Waals surface area contributed by atoms with E-state index in [1.807, 2.05) is 0 Å². The summed E-state index contributed by atoms with van der Waals surface area (Å²) in [5.41, 5.74) is 6.47. The highest BCUT2D eigenvalue weighted by atomic mass is 14.0. The van der Waals surface area contributed by atoms with E-state index in [0.29, 0.717) is 0 Å². The van der Waals surface area contributed by atoms with Crippen molar-refractivity contribution in [1.82, 2.24) is 0 Å². The van der Waals surface area contributed by atoms with Gasteiger partial charge < -0.3 is 0 Å². The van der Waals surface area contributed by atoms with Gasteiger partial charge in [-0.3, -0.25) is 0 Å². The molecule has 0 atom stereocenters. The van der Waals surface area contributed by atoms with Crippen LogP contribution in [0, 0.1) is 6.92 Å². The molecule has 1 aromatic carbocycles. The van der Waals surface area contributed by atoms with Crippen molar-refractivity contribution in [1.29, 1.82) is 0 Å². The predicted octanol–water partition coefficient (Wildman–Crippen LogP) is 5.31. The average Bonchev–Trinajstić information content (AvgIpc) is 2.28. The van der Waals surface area contributed by atoms with Crippen molar-refractivity contribution >= 4 is 6.08 Å². The van der Waals surface area contributed by atoms with Crippen molar-refractivity contribution in [3.8, 4) is 0 Å². The molecule has 0 bridgehead atoms. The fourth-order valence-corrected chi connectivity index (χ4v) is 1.58. The molecule has 90 valence electrons. The van der Waals surface area contributed by atoms with Gasteiger partial charge in [0.15, 0.2) is 0 Å². The smallest absolute Gasteiger partial charge is 0.0138 e. The van der Waals surface area contributed by atoms with Crippen LogP contribution in [0.3, 0.4) is 0 Å². The molecule has 0 aliphatic carbocycles. The first-order valence-corrected chi connectivity index (χ1v) is 6.06. The molecule has 0 nitrogen and oxygen atoms in total. The Bertz CT molecular complexity index is 459. The summed E-state index contributed by atoms with van der Waals surface area (Å²) in [7, 11) is 0. The third-order valence-corrected chi connectivity index (χ3v) is 2.94. The Balaban J connectivity index is 2.89. The van der Waals surface area contributed by atoms with E-state index in [4.69, 9.17) is 0 Å². The second kappa shape index (κ2) is 6.24. The Morgan fingerprint density at radius 2 is 1.76 bits per heavy atom. The van der Waals surface area contributed by atoms with Gasteiger partial charge in [-0.2, -0.15) is 0 Å². The van der Waals surface area contributed by atoms with Crippen LogP contribution in [0.25, 0.3) is 6.08 Å². The van der Waals surface area contributed by atoms with Gasteiger partial charge in [-0.1, -0.05) is 54.1 Å². The minimum absolute atomic E-state index is 0.963. The lowest BCUT2D eigenvalue weighted by molar-refractivity contribution is 1.19. The summed E-state index contributed by atoms with van der Waals surface area (Å²) in [4.78, 5) is 0. The first-order valence-electron chi connectivity index (χ1n) is 6.06. The Hall–Kier alpha value is -1.56. The zero-order chi connectivity index (χ0) is 12.8. The molecule has 0 unspecified atom stereocenters. The molecular formula is C17H22. The molecule has 0 N–H and O–H groups in total. The number of allylic oxidation sites excluding steroid dienone is 4. The van der Waals surface area contributed by atoms with Crippen LogP contribution in [-0.4, -0.2) is 0 Å². The number of aryl methyl sites for hydroxylation is 1. The minimum Gasteiger partial charge on any atom is -0.0998 e. The lowest BCUT2D eigenvalue weighted by atomic mass is 10.0. The first-order chi connectivity index (χ1) is 8.00. The summed E-state index contributed by atoms with van der Waals surface area (Å²) in [6.45, 7) is 12.4. The third kappa shape index (κ3) is 4.44. The van der Waals surface area contributed by atoms with E-state index >= 15 is 0 Å². The number of hydrogen-bond donors (Lipinski definition) is 0. The summed E-state index contributed by atoms with van der Waals surface area (Å²) in [6, 6.07) is 8.46. The maximum atomic E-state index is 3.92. The normalized spacial score (nSPS) is 12.7. The second-order valence-electron chi connectivity index (χ2n) is 4.73.